The minimum absolute atomic E-state index is 0.738. The number of methoxy groups -OCH3 is 2. The first-order valence-electron chi connectivity index (χ1n) is 6.53. The summed E-state index contributed by atoms with van der Waals surface area (Å²) in [6.45, 7) is 0. The Morgan fingerprint density at radius 1 is 0.947 bits per heavy atom. The zero-order valence-corrected chi connectivity index (χ0v) is 11.3. The Morgan fingerprint density at radius 2 is 1.79 bits per heavy atom. The molecule has 2 aromatic rings. The molecular weight excluding hydrogens is 238 g/mol. The number of rotatable bonds is 3. The smallest absolute Gasteiger partial charge is 0.161 e. The molecule has 0 bridgehead atoms. The van der Waals surface area contributed by atoms with Gasteiger partial charge in [-0.25, -0.2) is 0 Å². The standard InChI is InChI=1S/C16H17NO2/c1-18-15-9-7-12(10-16(15)19-2)14-8-6-11-4-3-5-13(11)17-14/h6-10H,3-5H2,1-2H3. The topological polar surface area (TPSA) is 31.4 Å². The van der Waals surface area contributed by atoms with Crippen LogP contribution in [0.5, 0.6) is 11.5 Å². The quantitative estimate of drug-likeness (QED) is 0.843. The molecule has 3 rings (SSSR count). The molecule has 0 atom stereocenters. The first kappa shape index (κ1) is 12.0. The lowest BCUT2D eigenvalue weighted by molar-refractivity contribution is 0.355. The van der Waals surface area contributed by atoms with Crippen molar-refractivity contribution in [3.05, 3.63) is 41.6 Å². The van der Waals surface area contributed by atoms with Gasteiger partial charge in [0.1, 0.15) is 0 Å². The van der Waals surface area contributed by atoms with Crippen LogP contribution >= 0.6 is 0 Å². The van der Waals surface area contributed by atoms with Gasteiger partial charge >= 0.3 is 0 Å². The number of fused-ring (bicyclic) bond motifs is 1. The van der Waals surface area contributed by atoms with Crippen molar-refractivity contribution in [2.75, 3.05) is 14.2 Å². The van der Waals surface area contributed by atoms with Crippen LogP contribution < -0.4 is 9.47 Å². The predicted octanol–water partition coefficient (Wildman–Crippen LogP) is 3.25. The third-order valence-corrected chi connectivity index (χ3v) is 3.61. The minimum Gasteiger partial charge on any atom is -0.493 e. The lowest BCUT2D eigenvalue weighted by Crippen LogP contribution is -1.94. The van der Waals surface area contributed by atoms with E-state index in [-0.39, 0.29) is 0 Å². The summed E-state index contributed by atoms with van der Waals surface area (Å²) in [5.74, 6) is 1.48. The van der Waals surface area contributed by atoms with Crippen LogP contribution in [0.2, 0.25) is 0 Å². The van der Waals surface area contributed by atoms with E-state index in [0.717, 1.165) is 35.6 Å². The maximum atomic E-state index is 5.34. The van der Waals surface area contributed by atoms with E-state index in [1.807, 2.05) is 18.2 Å². The van der Waals surface area contributed by atoms with Crippen molar-refractivity contribution in [1.29, 1.82) is 0 Å². The highest BCUT2D eigenvalue weighted by molar-refractivity contribution is 5.64. The molecule has 1 aromatic heterocycles. The second kappa shape index (κ2) is 4.92. The summed E-state index contributed by atoms with van der Waals surface area (Å²) in [6, 6.07) is 10.2. The Hall–Kier alpha value is -2.03. The second-order valence-corrected chi connectivity index (χ2v) is 4.73. The van der Waals surface area contributed by atoms with Crippen molar-refractivity contribution in [1.82, 2.24) is 4.98 Å². The molecule has 3 nitrogen and oxygen atoms in total. The maximum Gasteiger partial charge on any atom is 0.161 e. The fourth-order valence-electron chi connectivity index (χ4n) is 2.58. The van der Waals surface area contributed by atoms with Crippen LogP contribution in [0.3, 0.4) is 0 Å². The third kappa shape index (κ3) is 2.16. The van der Waals surface area contributed by atoms with Crippen LogP contribution in [0.4, 0.5) is 0 Å². The van der Waals surface area contributed by atoms with Gasteiger partial charge in [0.2, 0.25) is 0 Å². The SMILES string of the molecule is COc1ccc(-c2ccc3c(n2)CCC3)cc1OC. The molecule has 19 heavy (non-hydrogen) atoms. The monoisotopic (exact) mass is 255 g/mol. The van der Waals surface area contributed by atoms with Crippen LogP contribution in [0, 0.1) is 0 Å². The summed E-state index contributed by atoms with van der Waals surface area (Å²) in [6.07, 6.45) is 3.47. The molecule has 1 aliphatic carbocycles. The van der Waals surface area contributed by atoms with Gasteiger partial charge < -0.3 is 9.47 Å². The van der Waals surface area contributed by atoms with Crippen molar-refractivity contribution >= 4 is 0 Å². The number of hydrogen-bond donors (Lipinski definition) is 0. The molecule has 1 aliphatic rings. The first-order chi connectivity index (χ1) is 9.31. The van der Waals surface area contributed by atoms with Crippen molar-refractivity contribution in [2.45, 2.75) is 19.3 Å². The van der Waals surface area contributed by atoms with Crippen LogP contribution in [0.25, 0.3) is 11.3 Å². The molecule has 98 valence electrons. The fourth-order valence-corrected chi connectivity index (χ4v) is 2.58. The number of ether oxygens (including phenoxy) is 2. The Balaban J connectivity index is 2.02. The Morgan fingerprint density at radius 3 is 2.58 bits per heavy atom. The van der Waals surface area contributed by atoms with Gasteiger partial charge in [-0.3, -0.25) is 4.98 Å². The van der Waals surface area contributed by atoms with Crippen LogP contribution in [0.1, 0.15) is 17.7 Å². The lowest BCUT2D eigenvalue weighted by Gasteiger charge is -2.10. The van der Waals surface area contributed by atoms with Crippen molar-refractivity contribution in [3.8, 4) is 22.8 Å². The Kier molecular flexibility index (Phi) is 3.11. The highest BCUT2D eigenvalue weighted by Gasteiger charge is 2.14. The molecule has 0 amide bonds. The van der Waals surface area contributed by atoms with Gasteiger partial charge in [-0.15, -0.1) is 0 Å². The number of benzene rings is 1. The van der Waals surface area contributed by atoms with Gasteiger partial charge in [0.15, 0.2) is 11.5 Å². The van der Waals surface area contributed by atoms with E-state index in [1.165, 1.54) is 17.7 Å². The molecule has 1 aromatic carbocycles. The summed E-state index contributed by atoms with van der Waals surface area (Å²) < 4.78 is 10.6. The molecule has 0 unspecified atom stereocenters. The molecule has 0 aliphatic heterocycles. The highest BCUT2D eigenvalue weighted by atomic mass is 16.5. The van der Waals surface area contributed by atoms with Crippen molar-refractivity contribution in [2.24, 2.45) is 0 Å². The Labute approximate surface area is 113 Å². The summed E-state index contributed by atoms with van der Waals surface area (Å²) >= 11 is 0. The molecule has 0 saturated carbocycles. The maximum absolute atomic E-state index is 5.34. The molecule has 0 spiro atoms. The summed E-state index contributed by atoms with van der Waals surface area (Å²) in [5.41, 5.74) is 4.70. The normalized spacial score (nSPS) is 13.2. The number of aryl methyl sites for hydroxylation is 2. The second-order valence-electron chi connectivity index (χ2n) is 4.73. The fraction of sp³-hybridized carbons (Fsp3) is 0.312. The average Bonchev–Trinajstić information content (AvgIpc) is 2.93. The van der Waals surface area contributed by atoms with E-state index in [1.54, 1.807) is 14.2 Å². The Bertz CT molecular complexity index is 608. The average molecular weight is 255 g/mol. The first-order valence-corrected chi connectivity index (χ1v) is 6.53. The van der Waals surface area contributed by atoms with Crippen molar-refractivity contribution in [3.63, 3.8) is 0 Å². The molecule has 0 radical (unpaired) electrons. The number of nitrogens with zero attached hydrogens (tertiary/aromatic N) is 1. The van der Waals surface area contributed by atoms with E-state index in [2.05, 4.69) is 12.1 Å². The minimum atomic E-state index is 0.738. The summed E-state index contributed by atoms with van der Waals surface area (Å²) in [5, 5.41) is 0. The largest absolute Gasteiger partial charge is 0.493 e. The van der Waals surface area contributed by atoms with E-state index < -0.39 is 0 Å². The molecule has 1 heterocycles. The molecule has 0 N–H and O–H groups in total. The van der Waals surface area contributed by atoms with Gasteiger partial charge in [-0.05, 0) is 49.1 Å². The van der Waals surface area contributed by atoms with Gasteiger partial charge in [0.25, 0.3) is 0 Å². The summed E-state index contributed by atoms with van der Waals surface area (Å²) in [7, 11) is 3.29. The zero-order valence-electron chi connectivity index (χ0n) is 11.3. The van der Waals surface area contributed by atoms with Gasteiger partial charge in [-0.2, -0.15) is 0 Å². The van der Waals surface area contributed by atoms with Crippen LogP contribution in [0.15, 0.2) is 30.3 Å². The predicted molar refractivity (Wildman–Crippen MR) is 74.8 cm³/mol. The van der Waals surface area contributed by atoms with Crippen molar-refractivity contribution < 1.29 is 9.47 Å². The molecule has 3 heteroatoms. The third-order valence-electron chi connectivity index (χ3n) is 3.61. The van der Waals surface area contributed by atoms with E-state index in [0.29, 0.717) is 0 Å². The van der Waals surface area contributed by atoms with E-state index in [4.69, 9.17) is 14.5 Å². The van der Waals surface area contributed by atoms with E-state index >= 15 is 0 Å². The van der Waals surface area contributed by atoms with E-state index in [9.17, 15) is 0 Å². The van der Waals surface area contributed by atoms with Gasteiger partial charge in [0.05, 0.1) is 19.9 Å². The van der Waals surface area contributed by atoms with Crippen LogP contribution in [-0.2, 0) is 12.8 Å². The number of hydrogen-bond acceptors (Lipinski definition) is 3. The number of aromatic nitrogens is 1. The zero-order chi connectivity index (χ0) is 13.2. The molecule has 0 saturated heterocycles. The van der Waals surface area contributed by atoms with Crippen LogP contribution in [-0.4, -0.2) is 19.2 Å². The van der Waals surface area contributed by atoms with Gasteiger partial charge in [0, 0.05) is 11.3 Å². The molecule has 0 fully saturated rings. The molecular formula is C16H17NO2. The highest BCUT2D eigenvalue weighted by Crippen LogP contribution is 2.32. The van der Waals surface area contributed by atoms with Gasteiger partial charge in [-0.1, -0.05) is 6.07 Å². The lowest BCUT2D eigenvalue weighted by atomic mass is 10.1. The number of pyridine rings is 1. The summed E-state index contributed by atoms with van der Waals surface area (Å²) in [4.78, 5) is 4.76.